The number of para-hydroxylation sites is 1. The van der Waals surface area contributed by atoms with Gasteiger partial charge in [0.05, 0.1) is 28.0 Å². The first-order chi connectivity index (χ1) is 23.3. The third kappa shape index (κ3) is 4.84. The zero-order valence-corrected chi connectivity index (χ0v) is 25.3. The number of aromatic nitrogens is 3. The van der Waals surface area contributed by atoms with Gasteiger partial charge in [-0.1, -0.05) is 127 Å². The van der Waals surface area contributed by atoms with E-state index >= 15 is 0 Å². The Bertz CT molecular complexity index is 2500. The maximum atomic E-state index is 6.26. The molecule has 9 aromatic rings. The molecular weight excluding hydrogens is 574 g/mol. The third-order valence-corrected chi connectivity index (χ3v) is 8.67. The van der Waals surface area contributed by atoms with E-state index in [1.807, 2.05) is 66.7 Å². The minimum absolute atomic E-state index is 0.651. The monoisotopic (exact) mass is 601 g/mol. The van der Waals surface area contributed by atoms with Gasteiger partial charge in [0.1, 0.15) is 11.2 Å². The molecule has 0 saturated carbocycles. The van der Waals surface area contributed by atoms with Crippen molar-refractivity contribution in [1.82, 2.24) is 15.0 Å². The van der Waals surface area contributed by atoms with Crippen LogP contribution in [0.15, 0.2) is 168 Å². The number of pyridine rings is 1. The highest BCUT2D eigenvalue weighted by Crippen LogP contribution is 2.38. The number of hydrogen-bond acceptors (Lipinski definition) is 4. The lowest BCUT2D eigenvalue weighted by Gasteiger charge is -2.12. The van der Waals surface area contributed by atoms with Gasteiger partial charge in [0.25, 0.3) is 0 Å². The highest BCUT2D eigenvalue weighted by Gasteiger charge is 2.18. The van der Waals surface area contributed by atoms with Gasteiger partial charge in [0.15, 0.2) is 5.82 Å². The second-order valence-electron chi connectivity index (χ2n) is 11.6. The quantitative estimate of drug-likeness (QED) is 0.197. The number of benzene rings is 6. The molecule has 0 fully saturated rings. The Balaban J connectivity index is 1.26. The van der Waals surface area contributed by atoms with E-state index in [0.717, 1.165) is 83.3 Å². The molecule has 9 rings (SSSR count). The largest absolute Gasteiger partial charge is 0.456 e. The topological polar surface area (TPSA) is 51.8 Å². The van der Waals surface area contributed by atoms with Crippen molar-refractivity contribution in [3.05, 3.63) is 164 Å². The lowest BCUT2D eigenvalue weighted by molar-refractivity contribution is 0.669. The second-order valence-corrected chi connectivity index (χ2v) is 11.6. The van der Waals surface area contributed by atoms with Gasteiger partial charge >= 0.3 is 0 Å². The van der Waals surface area contributed by atoms with Gasteiger partial charge in [-0.2, -0.15) is 0 Å². The van der Waals surface area contributed by atoms with Crippen molar-refractivity contribution in [2.45, 2.75) is 0 Å². The maximum absolute atomic E-state index is 6.26. The van der Waals surface area contributed by atoms with Gasteiger partial charge in [-0.3, -0.25) is 0 Å². The van der Waals surface area contributed by atoms with E-state index in [9.17, 15) is 0 Å². The molecule has 3 heterocycles. The van der Waals surface area contributed by atoms with Crippen LogP contribution in [0, 0.1) is 0 Å². The van der Waals surface area contributed by atoms with Crippen LogP contribution in [0.25, 0.3) is 89.1 Å². The Morgan fingerprint density at radius 2 is 0.979 bits per heavy atom. The van der Waals surface area contributed by atoms with Crippen molar-refractivity contribution in [2.75, 3.05) is 0 Å². The molecule has 47 heavy (non-hydrogen) atoms. The summed E-state index contributed by atoms with van der Waals surface area (Å²) in [6, 6.07) is 56.1. The standard InChI is InChI=1S/C43H27N3O/c1-4-13-28(14-5-1)33-26-36(29-15-6-2-7-16-29)44-37(27-33)31-19-12-20-32(25-31)43-45-41(30-17-8-3-9-18-30)35-23-24-39-40(42(35)46-43)34-21-10-11-22-38(34)47-39/h1-27H. The van der Waals surface area contributed by atoms with Crippen molar-refractivity contribution < 1.29 is 4.42 Å². The minimum atomic E-state index is 0.651. The summed E-state index contributed by atoms with van der Waals surface area (Å²) in [5.41, 5.74) is 11.5. The van der Waals surface area contributed by atoms with Crippen LogP contribution >= 0.6 is 0 Å². The summed E-state index contributed by atoms with van der Waals surface area (Å²) in [6.07, 6.45) is 0. The summed E-state index contributed by atoms with van der Waals surface area (Å²) >= 11 is 0. The fraction of sp³-hybridized carbons (Fsp3) is 0. The molecule has 0 radical (unpaired) electrons. The summed E-state index contributed by atoms with van der Waals surface area (Å²) in [6.45, 7) is 0. The molecule has 0 aliphatic carbocycles. The predicted octanol–water partition coefficient (Wildman–Crippen LogP) is 11.3. The van der Waals surface area contributed by atoms with Gasteiger partial charge in [-0.05, 0) is 47.5 Å². The van der Waals surface area contributed by atoms with Crippen molar-refractivity contribution in [3.63, 3.8) is 0 Å². The van der Waals surface area contributed by atoms with Crippen LogP contribution in [0.1, 0.15) is 0 Å². The first kappa shape index (κ1) is 27.0. The van der Waals surface area contributed by atoms with E-state index < -0.39 is 0 Å². The van der Waals surface area contributed by atoms with Gasteiger partial charge in [-0.25, -0.2) is 15.0 Å². The van der Waals surface area contributed by atoms with Crippen molar-refractivity contribution in [3.8, 4) is 56.3 Å². The van der Waals surface area contributed by atoms with Gasteiger partial charge < -0.3 is 4.42 Å². The molecule has 4 heteroatoms. The van der Waals surface area contributed by atoms with Crippen LogP contribution in [0.3, 0.4) is 0 Å². The highest BCUT2D eigenvalue weighted by atomic mass is 16.3. The summed E-state index contributed by atoms with van der Waals surface area (Å²) in [5.74, 6) is 0.651. The number of furan rings is 1. The molecule has 3 aromatic heterocycles. The van der Waals surface area contributed by atoms with Crippen LogP contribution in [0.4, 0.5) is 0 Å². The fourth-order valence-corrected chi connectivity index (χ4v) is 6.40. The molecule has 0 unspecified atom stereocenters. The first-order valence-electron chi connectivity index (χ1n) is 15.7. The SMILES string of the molecule is c1ccc(-c2cc(-c3ccccc3)nc(-c3cccc(-c4nc(-c5ccccc5)c5ccc6oc7ccccc7c6c5n4)c3)c2)cc1. The van der Waals surface area contributed by atoms with Gasteiger partial charge in [0.2, 0.25) is 0 Å². The fourth-order valence-electron chi connectivity index (χ4n) is 6.40. The Morgan fingerprint density at radius 1 is 0.362 bits per heavy atom. The smallest absolute Gasteiger partial charge is 0.160 e. The molecule has 220 valence electrons. The van der Waals surface area contributed by atoms with Crippen LogP contribution in [-0.2, 0) is 0 Å². The molecule has 0 atom stereocenters. The third-order valence-electron chi connectivity index (χ3n) is 8.67. The Labute approximate surface area is 271 Å². The highest BCUT2D eigenvalue weighted by molar-refractivity contribution is 6.19. The van der Waals surface area contributed by atoms with Crippen molar-refractivity contribution >= 4 is 32.8 Å². The van der Waals surface area contributed by atoms with Crippen LogP contribution < -0.4 is 0 Å². The summed E-state index contributed by atoms with van der Waals surface area (Å²) in [7, 11) is 0. The summed E-state index contributed by atoms with van der Waals surface area (Å²) in [5, 5.41) is 3.03. The zero-order valence-electron chi connectivity index (χ0n) is 25.3. The number of hydrogen-bond donors (Lipinski definition) is 0. The minimum Gasteiger partial charge on any atom is -0.456 e. The lowest BCUT2D eigenvalue weighted by Crippen LogP contribution is -1.96. The zero-order chi connectivity index (χ0) is 31.2. The average molecular weight is 602 g/mol. The van der Waals surface area contributed by atoms with Crippen molar-refractivity contribution in [1.29, 1.82) is 0 Å². The van der Waals surface area contributed by atoms with Gasteiger partial charge in [0, 0.05) is 33.0 Å². The van der Waals surface area contributed by atoms with E-state index in [1.54, 1.807) is 0 Å². The number of nitrogens with zero attached hydrogens (tertiary/aromatic N) is 3. The first-order valence-corrected chi connectivity index (χ1v) is 15.7. The Kier molecular flexibility index (Phi) is 6.43. The van der Waals surface area contributed by atoms with Gasteiger partial charge in [-0.15, -0.1) is 0 Å². The molecular formula is C43H27N3O. The van der Waals surface area contributed by atoms with Crippen molar-refractivity contribution in [2.24, 2.45) is 0 Å². The Hall–Kier alpha value is -6.39. The Morgan fingerprint density at radius 3 is 1.74 bits per heavy atom. The molecule has 0 aliphatic rings. The van der Waals surface area contributed by atoms with Crippen LogP contribution in [-0.4, -0.2) is 15.0 Å². The normalized spacial score (nSPS) is 11.4. The van der Waals surface area contributed by atoms with Crippen LogP contribution in [0.5, 0.6) is 0 Å². The maximum Gasteiger partial charge on any atom is 0.160 e. The predicted molar refractivity (Wildman–Crippen MR) is 192 cm³/mol. The summed E-state index contributed by atoms with van der Waals surface area (Å²) in [4.78, 5) is 15.6. The molecule has 6 aromatic carbocycles. The molecule has 0 saturated heterocycles. The molecule has 0 aliphatic heterocycles. The second kappa shape index (κ2) is 11.2. The number of fused-ring (bicyclic) bond motifs is 5. The van der Waals surface area contributed by atoms with E-state index in [0.29, 0.717) is 5.82 Å². The molecule has 0 bridgehead atoms. The molecule has 0 spiro atoms. The summed E-state index contributed by atoms with van der Waals surface area (Å²) < 4.78 is 6.26. The molecule has 0 amide bonds. The van der Waals surface area contributed by atoms with E-state index in [1.165, 1.54) is 0 Å². The van der Waals surface area contributed by atoms with E-state index in [2.05, 4.69) is 97.1 Å². The molecule has 4 nitrogen and oxygen atoms in total. The molecule has 0 N–H and O–H groups in total. The van der Waals surface area contributed by atoms with E-state index in [-0.39, 0.29) is 0 Å². The lowest BCUT2D eigenvalue weighted by atomic mass is 9.99. The number of rotatable bonds is 5. The average Bonchev–Trinajstić information content (AvgIpc) is 3.55. The van der Waals surface area contributed by atoms with E-state index in [4.69, 9.17) is 19.4 Å². The van der Waals surface area contributed by atoms with Crippen LogP contribution in [0.2, 0.25) is 0 Å².